The summed E-state index contributed by atoms with van der Waals surface area (Å²) in [6, 6.07) is 3.16. The highest BCUT2D eigenvalue weighted by molar-refractivity contribution is 7.89. The molecule has 3 aliphatic heterocycles. The van der Waals surface area contributed by atoms with E-state index in [1.807, 2.05) is 6.92 Å². The molecule has 0 bridgehead atoms. The second-order valence-electron chi connectivity index (χ2n) is 7.69. The first-order valence-corrected chi connectivity index (χ1v) is 10.2. The molecule has 3 aliphatic rings. The number of hydrogen-bond donors (Lipinski definition) is 1. The van der Waals surface area contributed by atoms with Crippen molar-refractivity contribution in [1.82, 2.24) is 19.5 Å². The van der Waals surface area contributed by atoms with Gasteiger partial charge in [0.25, 0.3) is 0 Å². The van der Waals surface area contributed by atoms with Crippen molar-refractivity contribution in [2.75, 3.05) is 32.7 Å². The molecule has 9 heteroatoms. The van der Waals surface area contributed by atoms with E-state index >= 15 is 0 Å². The fourth-order valence-electron chi connectivity index (χ4n) is 4.34. The molecule has 8 nitrogen and oxygen atoms in total. The van der Waals surface area contributed by atoms with Crippen LogP contribution in [0.1, 0.15) is 13.3 Å². The second kappa shape index (κ2) is 6.02. The second-order valence-corrected chi connectivity index (χ2v) is 9.63. The molecule has 2 amide bonds. The van der Waals surface area contributed by atoms with Crippen LogP contribution in [0.4, 0.5) is 0 Å². The number of fused-ring (bicyclic) bond motifs is 1. The maximum Gasteiger partial charge on any atom is 0.244 e. The Labute approximate surface area is 152 Å². The molecule has 1 N–H and O–H groups in total. The normalized spacial score (nSPS) is 31.9. The summed E-state index contributed by atoms with van der Waals surface area (Å²) in [6.45, 7) is 4.31. The van der Waals surface area contributed by atoms with Crippen LogP contribution in [0.2, 0.25) is 0 Å². The molecule has 0 radical (unpaired) electrons. The average molecular weight is 378 g/mol. The first-order valence-electron chi connectivity index (χ1n) is 8.78. The first-order chi connectivity index (χ1) is 12.3. The van der Waals surface area contributed by atoms with Gasteiger partial charge in [-0.3, -0.25) is 14.6 Å². The van der Waals surface area contributed by atoms with Gasteiger partial charge in [0.1, 0.15) is 10.8 Å². The Hall–Kier alpha value is -2.00. The lowest BCUT2D eigenvalue weighted by atomic mass is 9.83. The van der Waals surface area contributed by atoms with Crippen molar-refractivity contribution in [1.29, 1.82) is 0 Å². The Balaban J connectivity index is 1.48. The van der Waals surface area contributed by atoms with Crippen LogP contribution < -0.4 is 5.32 Å². The predicted octanol–water partition coefficient (Wildman–Crippen LogP) is -0.313. The van der Waals surface area contributed by atoms with E-state index < -0.39 is 15.9 Å². The predicted molar refractivity (Wildman–Crippen MR) is 92.3 cm³/mol. The number of amides is 2. The Kier molecular flexibility index (Phi) is 4.03. The number of aromatic nitrogens is 1. The van der Waals surface area contributed by atoms with Crippen molar-refractivity contribution in [2.24, 2.45) is 17.3 Å². The van der Waals surface area contributed by atoms with E-state index in [-0.39, 0.29) is 28.0 Å². The fourth-order valence-corrected chi connectivity index (χ4v) is 5.92. The van der Waals surface area contributed by atoms with Crippen molar-refractivity contribution in [2.45, 2.75) is 18.2 Å². The minimum atomic E-state index is -3.58. The summed E-state index contributed by atoms with van der Waals surface area (Å²) >= 11 is 0. The number of likely N-dealkylation sites (tertiary alicyclic amines) is 1. The number of nitrogens with one attached hydrogen (secondary N) is 1. The standard InChI is InChI=1S/C17H22N4O4S/c1-17-10-20(16(23)14-4-6-19-15(14)22)8-12(17)9-21(11-17)26(24,25)13-3-2-5-18-7-13/h2-3,5,7,12,14H,4,6,8-11H2,1H3,(H,19,22)/t12-,14?,17+/m0/s1. The molecule has 26 heavy (non-hydrogen) atoms. The molecule has 1 aromatic rings. The first kappa shape index (κ1) is 17.4. The molecule has 4 rings (SSSR count). The van der Waals surface area contributed by atoms with Crippen LogP contribution in [0, 0.1) is 17.3 Å². The van der Waals surface area contributed by atoms with Gasteiger partial charge in [-0.05, 0) is 24.5 Å². The van der Waals surface area contributed by atoms with Crippen molar-refractivity contribution in [3.8, 4) is 0 Å². The van der Waals surface area contributed by atoms with Gasteiger partial charge in [-0.25, -0.2) is 8.42 Å². The number of sulfonamides is 1. The number of nitrogens with zero attached hydrogens (tertiary/aromatic N) is 3. The van der Waals surface area contributed by atoms with Crippen LogP contribution in [-0.4, -0.2) is 67.1 Å². The number of carbonyl (C=O) groups excluding carboxylic acids is 2. The van der Waals surface area contributed by atoms with Crippen molar-refractivity contribution in [3.05, 3.63) is 24.5 Å². The highest BCUT2D eigenvalue weighted by Gasteiger charge is 2.54. The quantitative estimate of drug-likeness (QED) is 0.727. The van der Waals surface area contributed by atoms with E-state index in [2.05, 4.69) is 10.3 Å². The third-order valence-corrected chi connectivity index (χ3v) is 7.67. The largest absolute Gasteiger partial charge is 0.355 e. The van der Waals surface area contributed by atoms with Gasteiger partial charge in [0.05, 0.1) is 0 Å². The van der Waals surface area contributed by atoms with Gasteiger partial charge in [-0.15, -0.1) is 0 Å². The van der Waals surface area contributed by atoms with Gasteiger partial charge in [-0.1, -0.05) is 6.92 Å². The van der Waals surface area contributed by atoms with Crippen LogP contribution in [0.5, 0.6) is 0 Å². The molecule has 4 heterocycles. The molecule has 3 saturated heterocycles. The number of pyridine rings is 1. The lowest BCUT2D eigenvalue weighted by Crippen LogP contribution is -2.41. The SMILES string of the molecule is C[C@]12CN(C(=O)C3CCNC3=O)C[C@H]1CN(S(=O)(=O)c1cccnc1)C2. The molecule has 3 atom stereocenters. The Morgan fingerprint density at radius 2 is 2.15 bits per heavy atom. The summed E-state index contributed by atoms with van der Waals surface area (Å²) in [4.78, 5) is 30.3. The molecule has 0 aromatic carbocycles. The van der Waals surface area contributed by atoms with Crippen molar-refractivity contribution in [3.63, 3.8) is 0 Å². The molecule has 0 saturated carbocycles. The zero-order valence-corrected chi connectivity index (χ0v) is 15.4. The highest BCUT2D eigenvalue weighted by atomic mass is 32.2. The molecule has 0 aliphatic carbocycles. The van der Waals surface area contributed by atoms with Crippen molar-refractivity contribution < 1.29 is 18.0 Å². The molecule has 140 valence electrons. The number of rotatable bonds is 3. The highest BCUT2D eigenvalue weighted by Crippen LogP contribution is 2.44. The van der Waals surface area contributed by atoms with Gasteiger partial charge in [0, 0.05) is 50.5 Å². The molecular formula is C17H22N4O4S. The van der Waals surface area contributed by atoms with E-state index in [9.17, 15) is 18.0 Å². The molecule has 1 aromatic heterocycles. The summed E-state index contributed by atoms with van der Waals surface area (Å²) < 4.78 is 27.2. The Morgan fingerprint density at radius 3 is 2.77 bits per heavy atom. The van der Waals surface area contributed by atoms with Gasteiger partial charge in [-0.2, -0.15) is 4.31 Å². The summed E-state index contributed by atoms with van der Waals surface area (Å²) in [5.74, 6) is -0.842. The smallest absolute Gasteiger partial charge is 0.244 e. The number of hydrogen-bond acceptors (Lipinski definition) is 5. The topological polar surface area (TPSA) is 99.7 Å². The Morgan fingerprint density at radius 1 is 1.35 bits per heavy atom. The van der Waals surface area contributed by atoms with Crippen LogP contribution in [0.15, 0.2) is 29.4 Å². The maximum atomic E-state index is 12.8. The monoisotopic (exact) mass is 378 g/mol. The van der Waals surface area contributed by atoms with Gasteiger partial charge >= 0.3 is 0 Å². The minimum Gasteiger partial charge on any atom is -0.355 e. The zero-order chi connectivity index (χ0) is 18.5. The molecular weight excluding hydrogens is 356 g/mol. The van der Waals surface area contributed by atoms with E-state index in [1.54, 1.807) is 23.2 Å². The average Bonchev–Trinajstić information content (AvgIpc) is 3.26. The third kappa shape index (κ3) is 2.69. The molecule has 3 fully saturated rings. The maximum absolute atomic E-state index is 12.8. The minimum absolute atomic E-state index is 0.0716. The fraction of sp³-hybridized carbons (Fsp3) is 0.588. The lowest BCUT2D eigenvalue weighted by molar-refractivity contribution is -0.140. The van der Waals surface area contributed by atoms with E-state index in [4.69, 9.17) is 0 Å². The zero-order valence-electron chi connectivity index (χ0n) is 14.6. The van der Waals surface area contributed by atoms with Crippen LogP contribution in [0.25, 0.3) is 0 Å². The lowest BCUT2D eigenvalue weighted by Gasteiger charge is -2.26. The van der Waals surface area contributed by atoms with E-state index in [0.717, 1.165) is 0 Å². The number of carbonyl (C=O) groups is 2. The van der Waals surface area contributed by atoms with Crippen LogP contribution in [-0.2, 0) is 19.6 Å². The van der Waals surface area contributed by atoms with Gasteiger partial charge in [0.2, 0.25) is 21.8 Å². The summed E-state index contributed by atoms with van der Waals surface area (Å²) in [7, 11) is -3.58. The van der Waals surface area contributed by atoms with Crippen molar-refractivity contribution >= 4 is 21.8 Å². The molecule has 0 spiro atoms. The Bertz CT molecular complexity index is 844. The summed E-state index contributed by atoms with van der Waals surface area (Å²) in [6.07, 6.45) is 3.44. The van der Waals surface area contributed by atoms with Crippen LogP contribution >= 0.6 is 0 Å². The van der Waals surface area contributed by atoms with Gasteiger partial charge < -0.3 is 10.2 Å². The van der Waals surface area contributed by atoms with E-state index in [0.29, 0.717) is 39.1 Å². The molecule has 1 unspecified atom stereocenters. The van der Waals surface area contributed by atoms with Crippen LogP contribution in [0.3, 0.4) is 0 Å². The summed E-state index contributed by atoms with van der Waals surface area (Å²) in [5.41, 5.74) is -0.292. The van der Waals surface area contributed by atoms with Gasteiger partial charge in [0.15, 0.2) is 0 Å². The third-order valence-electron chi connectivity index (χ3n) is 5.87. The van der Waals surface area contributed by atoms with E-state index in [1.165, 1.54) is 10.5 Å². The summed E-state index contributed by atoms with van der Waals surface area (Å²) in [5, 5.41) is 2.70.